The number of ketones is 1. The Morgan fingerprint density at radius 3 is 2.86 bits per heavy atom. The van der Waals surface area contributed by atoms with E-state index < -0.39 is 0 Å². The number of hydrogen-bond donors (Lipinski definition) is 2. The molecule has 3 heterocycles. The van der Waals surface area contributed by atoms with Gasteiger partial charge in [0.25, 0.3) is 0 Å². The molecule has 0 aliphatic rings. The molecule has 114 valence electrons. The van der Waals surface area contributed by atoms with Crippen LogP contribution in [0.4, 0.5) is 0 Å². The number of pyridine rings is 1. The number of fused-ring (bicyclic) bond motifs is 1. The summed E-state index contributed by atoms with van der Waals surface area (Å²) >= 11 is 1.48. The van der Waals surface area contributed by atoms with Crippen LogP contribution in [-0.2, 0) is 6.54 Å². The monoisotopic (exact) mass is 315 g/mol. The molecule has 0 fully saturated rings. The Kier molecular flexibility index (Phi) is 3.96. The van der Waals surface area contributed by atoms with Gasteiger partial charge in [-0.2, -0.15) is 0 Å². The summed E-state index contributed by atoms with van der Waals surface area (Å²) in [6.07, 6.45) is 2.37. The van der Waals surface area contributed by atoms with Crippen molar-refractivity contribution in [2.24, 2.45) is 5.73 Å². The summed E-state index contributed by atoms with van der Waals surface area (Å²) in [5, 5.41) is 1.08. The molecule has 0 amide bonds. The largest absolute Gasteiger partial charge is 0.337 e. The van der Waals surface area contributed by atoms with E-state index in [0.717, 1.165) is 23.2 Å². The van der Waals surface area contributed by atoms with Crippen molar-refractivity contribution in [1.29, 1.82) is 0 Å². The van der Waals surface area contributed by atoms with Crippen LogP contribution in [0.3, 0.4) is 0 Å². The van der Waals surface area contributed by atoms with Crippen LogP contribution in [0, 0.1) is 6.92 Å². The number of nitrogens with zero attached hydrogens (tertiary/aromatic N) is 1. The van der Waals surface area contributed by atoms with Crippen molar-refractivity contribution in [1.82, 2.24) is 9.55 Å². The number of aryl methyl sites for hydroxylation is 2. The standard InChI is InChI=1S/C16H17N3O2S/c1-10-7-12-8-13(22-16(12)19(10)6-2-5-17)15(21)11-3-4-14(20)18-9-11/h3-4,7-9H,2,5-6,17H2,1H3,(H,18,20). The Morgan fingerprint density at radius 1 is 1.36 bits per heavy atom. The number of carbonyl (C=O) groups is 1. The van der Waals surface area contributed by atoms with Crippen molar-refractivity contribution in [2.45, 2.75) is 19.9 Å². The number of thiophene rings is 1. The Labute approximate surface area is 131 Å². The quantitative estimate of drug-likeness (QED) is 0.709. The van der Waals surface area contributed by atoms with Crippen LogP contribution < -0.4 is 11.3 Å². The van der Waals surface area contributed by atoms with Crippen molar-refractivity contribution in [3.8, 4) is 0 Å². The predicted molar refractivity (Wildman–Crippen MR) is 88.7 cm³/mol. The number of aromatic amines is 1. The topological polar surface area (TPSA) is 80.9 Å². The second-order valence-electron chi connectivity index (χ2n) is 5.22. The van der Waals surface area contributed by atoms with E-state index in [1.165, 1.54) is 29.3 Å². The van der Waals surface area contributed by atoms with Crippen LogP contribution in [0.5, 0.6) is 0 Å². The van der Waals surface area contributed by atoms with Crippen molar-refractivity contribution in [3.05, 3.63) is 57.0 Å². The average molecular weight is 315 g/mol. The Balaban J connectivity index is 1.98. The second kappa shape index (κ2) is 5.90. The molecule has 0 aliphatic carbocycles. The third-order valence-electron chi connectivity index (χ3n) is 3.63. The second-order valence-corrected chi connectivity index (χ2v) is 6.25. The van der Waals surface area contributed by atoms with Gasteiger partial charge in [0.1, 0.15) is 4.83 Å². The lowest BCUT2D eigenvalue weighted by molar-refractivity contribution is 0.104. The Morgan fingerprint density at radius 2 is 2.18 bits per heavy atom. The first-order chi connectivity index (χ1) is 10.6. The van der Waals surface area contributed by atoms with Crippen molar-refractivity contribution < 1.29 is 4.79 Å². The van der Waals surface area contributed by atoms with E-state index >= 15 is 0 Å². The highest BCUT2D eigenvalue weighted by Crippen LogP contribution is 2.30. The van der Waals surface area contributed by atoms with E-state index in [1.54, 1.807) is 6.07 Å². The summed E-state index contributed by atoms with van der Waals surface area (Å²) in [5.74, 6) is -0.0690. The number of nitrogens with two attached hydrogens (primary N) is 1. The lowest BCUT2D eigenvalue weighted by Gasteiger charge is -2.05. The van der Waals surface area contributed by atoms with Gasteiger partial charge in [0.15, 0.2) is 0 Å². The van der Waals surface area contributed by atoms with E-state index in [-0.39, 0.29) is 11.3 Å². The van der Waals surface area contributed by atoms with Crippen LogP contribution in [0.2, 0.25) is 0 Å². The number of nitrogens with one attached hydrogen (secondary N) is 1. The highest BCUT2D eigenvalue weighted by molar-refractivity contribution is 7.20. The lowest BCUT2D eigenvalue weighted by Crippen LogP contribution is -2.07. The van der Waals surface area contributed by atoms with E-state index in [0.29, 0.717) is 17.0 Å². The number of carbonyl (C=O) groups excluding carboxylic acids is 1. The van der Waals surface area contributed by atoms with Gasteiger partial charge in [0, 0.05) is 35.5 Å². The minimum atomic E-state index is -0.211. The Bertz CT molecular complexity index is 868. The van der Waals surface area contributed by atoms with Crippen LogP contribution in [0.25, 0.3) is 10.2 Å². The maximum atomic E-state index is 12.5. The van der Waals surface area contributed by atoms with Gasteiger partial charge in [-0.05, 0) is 38.1 Å². The van der Waals surface area contributed by atoms with Crippen molar-refractivity contribution in [3.63, 3.8) is 0 Å². The molecular weight excluding hydrogens is 298 g/mol. The maximum absolute atomic E-state index is 12.5. The molecule has 22 heavy (non-hydrogen) atoms. The first-order valence-electron chi connectivity index (χ1n) is 7.13. The fraction of sp³-hybridized carbons (Fsp3) is 0.250. The van der Waals surface area contributed by atoms with Gasteiger partial charge in [-0.1, -0.05) is 0 Å². The highest BCUT2D eigenvalue weighted by Gasteiger charge is 2.16. The van der Waals surface area contributed by atoms with Gasteiger partial charge in [-0.3, -0.25) is 9.59 Å². The molecule has 0 unspecified atom stereocenters. The molecule has 0 atom stereocenters. The third-order valence-corrected chi connectivity index (χ3v) is 4.80. The zero-order chi connectivity index (χ0) is 15.7. The zero-order valence-corrected chi connectivity index (χ0v) is 13.1. The molecule has 3 aromatic heterocycles. The van der Waals surface area contributed by atoms with E-state index in [4.69, 9.17) is 5.73 Å². The minimum absolute atomic E-state index is 0.0690. The smallest absolute Gasteiger partial charge is 0.247 e. The van der Waals surface area contributed by atoms with Gasteiger partial charge in [0.2, 0.25) is 11.3 Å². The fourth-order valence-corrected chi connectivity index (χ4v) is 3.69. The maximum Gasteiger partial charge on any atom is 0.247 e. The minimum Gasteiger partial charge on any atom is -0.337 e. The van der Waals surface area contributed by atoms with Gasteiger partial charge in [-0.25, -0.2) is 0 Å². The number of rotatable bonds is 5. The summed E-state index contributed by atoms with van der Waals surface area (Å²) in [5.41, 5.74) is 7.05. The van der Waals surface area contributed by atoms with Gasteiger partial charge < -0.3 is 15.3 Å². The molecule has 3 N–H and O–H groups in total. The molecule has 0 saturated carbocycles. The molecule has 3 rings (SSSR count). The van der Waals surface area contributed by atoms with Crippen LogP contribution in [-0.4, -0.2) is 21.9 Å². The zero-order valence-electron chi connectivity index (χ0n) is 12.3. The Hall–Kier alpha value is -2.18. The predicted octanol–water partition coefficient (Wildman–Crippen LogP) is 2.28. The number of aromatic nitrogens is 2. The van der Waals surface area contributed by atoms with E-state index in [9.17, 15) is 9.59 Å². The van der Waals surface area contributed by atoms with Gasteiger partial charge >= 0.3 is 0 Å². The molecule has 0 aliphatic heterocycles. The van der Waals surface area contributed by atoms with E-state index in [1.807, 2.05) is 6.07 Å². The molecule has 0 aromatic carbocycles. The molecular formula is C16H17N3O2S. The van der Waals surface area contributed by atoms with Gasteiger partial charge in [0.05, 0.1) is 4.88 Å². The summed E-state index contributed by atoms with van der Waals surface area (Å²) < 4.78 is 2.20. The van der Waals surface area contributed by atoms with Gasteiger partial charge in [-0.15, -0.1) is 11.3 Å². The number of H-pyrrole nitrogens is 1. The number of hydrogen-bond acceptors (Lipinski definition) is 4. The normalized spacial score (nSPS) is 11.2. The molecule has 0 spiro atoms. The highest BCUT2D eigenvalue weighted by atomic mass is 32.1. The molecule has 6 heteroatoms. The molecule has 3 aromatic rings. The van der Waals surface area contributed by atoms with Crippen LogP contribution >= 0.6 is 11.3 Å². The lowest BCUT2D eigenvalue weighted by atomic mass is 10.1. The summed E-state index contributed by atoms with van der Waals surface area (Å²) in [6, 6.07) is 6.93. The van der Waals surface area contributed by atoms with E-state index in [2.05, 4.69) is 22.5 Å². The molecule has 0 saturated heterocycles. The first kappa shape index (κ1) is 14.7. The fourth-order valence-electron chi connectivity index (χ4n) is 2.51. The molecule has 5 nitrogen and oxygen atoms in total. The molecule has 0 radical (unpaired) electrons. The van der Waals surface area contributed by atoms with Crippen LogP contribution in [0.1, 0.15) is 27.3 Å². The summed E-state index contributed by atoms with van der Waals surface area (Å²) in [4.78, 5) is 27.9. The summed E-state index contributed by atoms with van der Waals surface area (Å²) in [6.45, 7) is 3.57. The van der Waals surface area contributed by atoms with Crippen molar-refractivity contribution in [2.75, 3.05) is 6.54 Å². The summed E-state index contributed by atoms with van der Waals surface area (Å²) in [7, 11) is 0. The molecule has 0 bridgehead atoms. The average Bonchev–Trinajstić information content (AvgIpc) is 3.03. The SMILES string of the molecule is Cc1cc2cc(C(=O)c3ccc(=O)[nH]c3)sc2n1CCCN. The van der Waals surface area contributed by atoms with Crippen LogP contribution in [0.15, 0.2) is 35.3 Å². The van der Waals surface area contributed by atoms with Crippen molar-refractivity contribution >= 4 is 27.3 Å². The first-order valence-corrected chi connectivity index (χ1v) is 7.95. The third kappa shape index (κ3) is 2.63.